The average Bonchev–Trinajstić information content (AvgIpc) is 3.76. The Bertz CT molecular complexity index is 2240. The molecule has 0 amide bonds. The first-order valence-electron chi connectivity index (χ1n) is 23.3. The van der Waals surface area contributed by atoms with Crippen molar-refractivity contribution in [3.63, 3.8) is 0 Å². The maximum absolute atomic E-state index is 9.00. The van der Waals surface area contributed by atoms with Crippen molar-refractivity contribution in [2.24, 2.45) is 11.8 Å². The molecule has 2 aliphatic rings. The SMILES string of the molecule is C[CH2][Zr]([Cl])([Cl])([CH]1C(C(C)C)=Cc2c(-c3cc(C(C)(C)C)cc(C(C)(C)C)c3)cc(C)c(C)c21)[CH]1C(C(C)C)=Cc2c(-c3cc(C(C)(C)C)cc(C(C)(C)C)c3)cc(C)c(C)c21. The van der Waals surface area contributed by atoms with Crippen LogP contribution in [0.25, 0.3) is 34.4 Å². The zero-order valence-electron chi connectivity index (χ0n) is 42.0. The van der Waals surface area contributed by atoms with Gasteiger partial charge in [-0.15, -0.1) is 0 Å². The molecule has 2 atom stereocenters. The molecule has 3 heteroatoms. The quantitative estimate of drug-likeness (QED) is 0.173. The van der Waals surface area contributed by atoms with E-state index in [1.165, 1.54) is 100 Å². The summed E-state index contributed by atoms with van der Waals surface area (Å²) in [6.45, 7) is 49.2. The van der Waals surface area contributed by atoms with Gasteiger partial charge in [-0.3, -0.25) is 0 Å². The predicted molar refractivity (Wildman–Crippen MR) is 271 cm³/mol. The Morgan fingerprint density at radius 1 is 0.475 bits per heavy atom. The number of fused-ring (bicyclic) bond motifs is 2. The summed E-state index contributed by atoms with van der Waals surface area (Å²) in [5, 5.41) is 0. The Hall–Kier alpha value is -2.18. The molecule has 0 nitrogen and oxygen atoms in total. The van der Waals surface area contributed by atoms with Crippen molar-refractivity contribution >= 4 is 29.2 Å². The number of aryl methyl sites for hydroxylation is 2. The summed E-state index contributed by atoms with van der Waals surface area (Å²) in [5.41, 5.74) is 24.3. The summed E-state index contributed by atoms with van der Waals surface area (Å²) in [4.78, 5) is 0. The molecule has 0 aliphatic heterocycles. The van der Waals surface area contributed by atoms with Crippen molar-refractivity contribution in [2.75, 3.05) is 0 Å². The fraction of sp³-hybridized carbons (Fsp3) is 0.517. The summed E-state index contributed by atoms with van der Waals surface area (Å²) in [7, 11) is 18.0. The number of rotatable bonds is 7. The van der Waals surface area contributed by atoms with Gasteiger partial charge in [0, 0.05) is 0 Å². The third kappa shape index (κ3) is 8.47. The van der Waals surface area contributed by atoms with Gasteiger partial charge in [0.15, 0.2) is 0 Å². The van der Waals surface area contributed by atoms with E-state index in [2.05, 4.69) is 206 Å². The van der Waals surface area contributed by atoms with Crippen LogP contribution in [0.4, 0.5) is 0 Å². The van der Waals surface area contributed by atoms with Gasteiger partial charge in [0.05, 0.1) is 0 Å². The molecule has 61 heavy (non-hydrogen) atoms. The fourth-order valence-corrected chi connectivity index (χ4v) is 28.9. The number of allylic oxidation sites excluding steroid dienone is 2. The standard InChI is InChI=1S/2C28H37.C2H5.2ClH.Zr/c2*1-17(2)20-14-24-19(4)18(3)11-25(26(24)15-20)21-12-22(27(5,6)7)16-23(13-21)28(8,9)10;1-2;;;/h2*11-17H,1-10H3;1H2,2H3;2*1H;/q;;;;;+2/p-2. The van der Waals surface area contributed by atoms with E-state index in [9.17, 15) is 0 Å². The minimum absolute atomic E-state index is 0.0111. The van der Waals surface area contributed by atoms with Crippen molar-refractivity contribution in [3.05, 3.63) is 126 Å². The van der Waals surface area contributed by atoms with E-state index in [0.717, 1.165) is 4.13 Å². The molecule has 0 fully saturated rings. The van der Waals surface area contributed by atoms with E-state index in [0.29, 0.717) is 0 Å². The van der Waals surface area contributed by atoms with Crippen molar-refractivity contribution in [2.45, 2.75) is 178 Å². The number of halogens is 2. The molecule has 2 unspecified atom stereocenters. The molecule has 2 aliphatic carbocycles. The van der Waals surface area contributed by atoms with Gasteiger partial charge >= 0.3 is 385 Å². The van der Waals surface area contributed by atoms with Crippen LogP contribution in [0.1, 0.15) is 192 Å². The van der Waals surface area contributed by atoms with Crippen LogP contribution in [0.2, 0.25) is 4.13 Å². The molecule has 6 rings (SSSR count). The number of hydrogen-bond donors (Lipinski definition) is 0. The van der Waals surface area contributed by atoms with Crippen molar-refractivity contribution < 1.29 is 16.4 Å². The number of benzene rings is 4. The van der Waals surface area contributed by atoms with Gasteiger partial charge in [0.25, 0.3) is 0 Å². The first kappa shape index (κ1) is 48.3. The molecule has 0 N–H and O–H groups in total. The summed E-state index contributed by atoms with van der Waals surface area (Å²) >= 11 is -5.19. The molecule has 0 aromatic heterocycles. The van der Waals surface area contributed by atoms with Gasteiger partial charge in [-0.2, -0.15) is 0 Å². The van der Waals surface area contributed by atoms with Gasteiger partial charge < -0.3 is 0 Å². The summed E-state index contributed by atoms with van der Waals surface area (Å²) in [6, 6.07) is 19.6. The molecule has 0 spiro atoms. The van der Waals surface area contributed by atoms with Crippen molar-refractivity contribution in [1.82, 2.24) is 0 Å². The normalized spacial score (nSPS) is 18.0. The van der Waals surface area contributed by atoms with Gasteiger partial charge in [-0.05, 0) is 0 Å². The van der Waals surface area contributed by atoms with E-state index in [-0.39, 0.29) is 40.7 Å². The third-order valence-electron chi connectivity index (χ3n) is 14.9. The Morgan fingerprint density at radius 3 is 0.984 bits per heavy atom. The van der Waals surface area contributed by atoms with Crippen LogP contribution in [0.15, 0.2) is 59.7 Å². The Labute approximate surface area is 381 Å². The first-order valence-corrected chi connectivity index (χ1v) is 34.2. The zero-order valence-corrected chi connectivity index (χ0v) is 46.0. The summed E-state index contributed by atoms with van der Waals surface area (Å²) < 4.78 is 0.753. The maximum atomic E-state index is 9.00. The average molecular weight is 938 g/mol. The molecule has 0 saturated heterocycles. The molecule has 0 radical (unpaired) electrons. The van der Waals surface area contributed by atoms with E-state index in [4.69, 9.17) is 17.0 Å². The zero-order chi connectivity index (χ0) is 45.9. The van der Waals surface area contributed by atoms with Crippen LogP contribution < -0.4 is 0 Å². The monoisotopic (exact) mass is 935 g/mol. The van der Waals surface area contributed by atoms with Crippen LogP contribution in [0, 0.1) is 39.5 Å². The molecule has 0 bridgehead atoms. The van der Waals surface area contributed by atoms with E-state index in [1.807, 2.05) is 0 Å². The number of hydrogen-bond acceptors (Lipinski definition) is 0. The van der Waals surface area contributed by atoms with Crippen LogP contribution in [-0.4, -0.2) is 0 Å². The van der Waals surface area contributed by atoms with Gasteiger partial charge in [-0.1, -0.05) is 0 Å². The summed E-state index contributed by atoms with van der Waals surface area (Å²) in [6.07, 6.45) is 5.10. The molecule has 4 aromatic rings. The van der Waals surface area contributed by atoms with E-state index >= 15 is 0 Å². The van der Waals surface area contributed by atoms with Gasteiger partial charge in [0.2, 0.25) is 0 Å². The van der Waals surface area contributed by atoms with Crippen LogP contribution in [0.3, 0.4) is 0 Å². The second-order valence-corrected chi connectivity index (χ2v) is 47.1. The van der Waals surface area contributed by atoms with Crippen molar-refractivity contribution in [1.29, 1.82) is 0 Å². The molecule has 0 saturated carbocycles. The van der Waals surface area contributed by atoms with Crippen molar-refractivity contribution in [3.8, 4) is 22.3 Å². The molecular formula is C58H79Cl2Zr. The van der Waals surface area contributed by atoms with E-state index in [1.54, 1.807) is 0 Å². The second-order valence-electron chi connectivity index (χ2n) is 24.2. The fourth-order valence-electron chi connectivity index (χ4n) is 10.4. The predicted octanol–water partition coefficient (Wildman–Crippen LogP) is 18.8. The van der Waals surface area contributed by atoms with Crippen LogP contribution in [-0.2, 0) is 38.1 Å². The Morgan fingerprint density at radius 2 is 0.754 bits per heavy atom. The molecule has 0 heterocycles. The Kier molecular flexibility index (Phi) is 12.5. The third-order valence-corrected chi connectivity index (χ3v) is 35.4. The van der Waals surface area contributed by atoms with Crippen LogP contribution >= 0.6 is 17.0 Å². The second kappa shape index (κ2) is 15.8. The first-order chi connectivity index (χ1) is 27.7. The summed E-state index contributed by atoms with van der Waals surface area (Å²) in [5.74, 6) is 0.566. The van der Waals surface area contributed by atoms with E-state index < -0.39 is 16.4 Å². The topological polar surface area (TPSA) is 0 Å². The van der Waals surface area contributed by atoms with Gasteiger partial charge in [0.1, 0.15) is 0 Å². The Balaban J connectivity index is 1.70. The molecule has 4 aromatic carbocycles. The van der Waals surface area contributed by atoms with Gasteiger partial charge in [-0.25, -0.2) is 0 Å². The molecular weight excluding hydrogens is 859 g/mol. The minimum atomic E-state index is -5.19. The van der Waals surface area contributed by atoms with Crippen LogP contribution in [0.5, 0.6) is 0 Å². The molecule has 329 valence electrons.